The number of aromatic nitrogens is 2. The molecule has 0 saturated heterocycles. The van der Waals surface area contributed by atoms with E-state index in [-0.39, 0.29) is 13.2 Å². The van der Waals surface area contributed by atoms with Gasteiger partial charge >= 0.3 is 0 Å². The number of aryl methyl sites for hydroxylation is 3. The highest BCUT2D eigenvalue weighted by Gasteiger charge is 2.18. The quantitative estimate of drug-likeness (QED) is 0.517. The molecule has 2 aromatic heterocycles. The van der Waals surface area contributed by atoms with Crippen LogP contribution in [0.5, 0.6) is 5.75 Å². The molecule has 0 fully saturated rings. The predicted molar refractivity (Wildman–Crippen MR) is 119 cm³/mol. The molecule has 162 valence electrons. The van der Waals surface area contributed by atoms with E-state index in [0.717, 1.165) is 40.2 Å². The summed E-state index contributed by atoms with van der Waals surface area (Å²) in [5.74, 6) is 2.33. The molecule has 1 atom stereocenters. The molecule has 0 unspecified atom stereocenters. The van der Waals surface area contributed by atoms with Gasteiger partial charge in [-0.05, 0) is 67.5 Å². The maximum absolute atomic E-state index is 9.58. The van der Waals surface area contributed by atoms with Gasteiger partial charge in [0.2, 0.25) is 5.89 Å². The van der Waals surface area contributed by atoms with Crippen molar-refractivity contribution in [2.75, 3.05) is 13.2 Å². The summed E-state index contributed by atoms with van der Waals surface area (Å²) in [4.78, 5) is 2.35. The Morgan fingerprint density at radius 3 is 2.50 bits per heavy atom. The fourth-order valence-corrected chi connectivity index (χ4v) is 4.62. The minimum absolute atomic E-state index is 0.0465. The Labute approximate surface area is 181 Å². The summed E-state index contributed by atoms with van der Waals surface area (Å²) in [6, 6.07) is 6.04. The second-order valence-corrected chi connectivity index (χ2v) is 9.15. The third-order valence-corrected chi connectivity index (χ3v) is 6.11. The van der Waals surface area contributed by atoms with Crippen LogP contribution in [0.2, 0.25) is 0 Å². The lowest BCUT2D eigenvalue weighted by molar-refractivity contribution is 0.0531. The average Bonchev–Trinajstić information content (AvgIpc) is 3.33. The number of benzene rings is 1. The SMILES string of the molecule is CCc1cc(-c2nnc(-c3cc(C)c(CC(C)C)s3)o2)cc(C)c1OC[C@H](O)CO. The molecular formula is C23H30N2O4S. The van der Waals surface area contributed by atoms with Gasteiger partial charge in [0.25, 0.3) is 5.89 Å². The van der Waals surface area contributed by atoms with Crippen LogP contribution in [0.4, 0.5) is 0 Å². The van der Waals surface area contributed by atoms with Crippen molar-refractivity contribution in [1.29, 1.82) is 0 Å². The first-order valence-electron chi connectivity index (χ1n) is 10.3. The lowest BCUT2D eigenvalue weighted by Gasteiger charge is -2.16. The third kappa shape index (κ3) is 5.09. The molecule has 0 spiro atoms. The van der Waals surface area contributed by atoms with Gasteiger partial charge in [0.1, 0.15) is 18.5 Å². The fourth-order valence-electron chi connectivity index (χ4n) is 3.31. The van der Waals surface area contributed by atoms with Gasteiger partial charge in [-0.25, -0.2) is 0 Å². The number of hydrogen-bond donors (Lipinski definition) is 2. The van der Waals surface area contributed by atoms with Gasteiger partial charge < -0.3 is 19.4 Å². The van der Waals surface area contributed by atoms with Gasteiger partial charge in [0.15, 0.2) is 0 Å². The second-order valence-electron chi connectivity index (χ2n) is 8.01. The molecule has 3 rings (SSSR count). The van der Waals surface area contributed by atoms with Gasteiger partial charge in [-0.15, -0.1) is 21.5 Å². The molecule has 0 aliphatic carbocycles. The molecule has 0 aliphatic heterocycles. The molecule has 0 saturated carbocycles. The fraction of sp³-hybridized carbons (Fsp3) is 0.478. The van der Waals surface area contributed by atoms with Crippen molar-refractivity contribution >= 4 is 11.3 Å². The number of hydrogen-bond acceptors (Lipinski definition) is 7. The molecule has 3 aromatic rings. The van der Waals surface area contributed by atoms with Crippen molar-refractivity contribution in [3.05, 3.63) is 39.8 Å². The standard InChI is InChI=1S/C23H30N2O4S/c1-6-16-10-17(8-15(5)21(16)28-12-18(27)11-26)22-24-25-23(29-22)20-9-14(4)19(30-20)7-13(2)3/h8-10,13,18,26-27H,6-7,11-12H2,1-5H3/t18-/m1/s1. The monoisotopic (exact) mass is 430 g/mol. The van der Waals surface area contributed by atoms with Crippen molar-refractivity contribution < 1.29 is 19.4 Å². The normalized spacial score (nSPS) is 12.5. The number of aliphatic hydroxyl groups excluding tert-OH is 2. The first-order chi connectivity index (χ1) is 14.3. The van der Waals surface area contributed by atoms with Gasteiger partial charge in [-0.2, -0.15) is 0 Å². The number of rotatable bonds is 9. The minimum atomic E-state index is -0.901. The number of nitrogens with zero attached hydrogens (tertiary/aromatic N) is 2. The molecule has 0 amide bonds. The summed E-state index contributed by atoms with van der Waals surface area (Å²) in [7, 11) is 0. The first-order valence-corrected chi connectivity index (χ1v) is 11.1. The largest absolute Gasteiger partial charge is 0.490 e. The summed E-state index contributed by atoms with van der Waals surface area (Å²) in [5.41, 5.74) is 4.01. The van der Waals surface area contributed by atoms with Crippen LogP contribution in [-0.4, -0.2) is 39.7 Å². The van der Waals surface area contributed by atoms with Crippen LogP contribution in [0, 0.1) is 19.8 Å². The molecular weight excluding hydrogens is 400 g/mol. The van der Waals surface area contributed by atoms with Gasteiger partial charge in [-0.1, -0.05) is 20.8 Å². The summed E-state index contributed by atoms with van der Waals surface area (Å²) in [5, 5.41) is 27.1. The summed E-state index contributed by atoms with van der Waals surface area (Å²) in [6.07, 6.45) is 0.897. The van der Waals surface area contributed by atoms with Crippen molar-refractivity contribution in [2.24, 2.45) is 5.92 Å². The molecule has 0 aliphatic rings. The van der Waals surface area contributed by atoms with Crippen molar-refractivity contribution in [3.8, 4) is 28.0 Å². The van der Waals surface area contributed by atoms with Crippen molar-refractivity contribution in [2.45, 2.75) is 53.6 Å². The Kier molecular flexibility index (Phi) is 7.28. The summed E-state index contributed by atoms with van der Waals surface area (Å²) >= 11 is 1.71. The van der Waals surface area contributed by atoms with Crippen LogP contribution in [0.15, 0.2) is 22.6 Å². The zero-order valence-corrected chi connectivity index (χ0v) is 19.0. The minimum Gasteiger partial charge on any atom is -0.490 e. The number of ether oxygens (including phenoxy) is 1. The van der Waals surface area contributed by atoms with Gasteiger partial charge in [0, 0.05) is 10.4 Å². The molecule has 2 N–H and O–H groups in total. The molecule has 1 aromatic carbocycles. The van der Waals surface area contributed by atoms with E-state index in [1.165, 1.54) is 10.4 Å². The lowest BCUT2D eigenvalue weighted by Crippen LogP contribution is -2.22. The highest BCUT2D eigenvalue weighted by molar-refractivity contribution is 7.15. The highest BCUT2D eigenvalue weighted by atomic mass is 32.1. The maximum atomic E-state index is 9.58. The van der Waals surface area contributed by atoms with Crippen molar-refractivity contribution in [1.82, 2.24) is 10.2 Å². The predicted octanol–water partition coefficient (Wildman–Crippen LogP) is 4.57. The average molecular weight is 431 g/mol. The maximum Gasteiger partial charge on any atom is 0.258 e. The second kappa shape index (κ2) is 9.73. The molecule has 2 heterocycles. The van der Waals surface area contributed by atoms with E-state index in [2.05, 4.69) is 37.0 Å². The van der Waals surface area contributed by atoms with Crippen LogP contribution < -0.4 is 4.74 Å². The van der Waals surface area contributed by atoms with Gasteiger partial charge in [0.05, 0.1) is 11.5 Å². The topological polar surface area (TPSA) is 88.6 Å². The van der Waals surface area contributed by atoms with Crippen LogP contribution in [-0.2, 0) is 12.8 Å². The highest BCUT2D eigenvalue weighted by Crippen LogP contribution is 2.35. The number of thiophene rings is 1. The van der Waals surface area contributed by atoms with E-state index < -0.39 is 6.10 Å². The Bertz CT molecular complexity index is 993. The van der Waals surface area contributed by atoms with E-state index in [0.29, 0.717) is 17.7 Å². The molecule has 6 nitrogen and oxygen atoms in total. The Morgan fingerprint density at radius 2 is 1.83 bits per heavy atom. The summed E-state index contributed by atoms with van der Waals surface area (Å²) in [6.45, 7) is 10.3. The zero-order valence-electron chi connectivity index (χ0n) is 18.2. The van der Waals surface area contributed by atoms with E-state index in [4.69, 9.17) is 14.3 Å². The van der Waals surface area contributed by atoms with Crippen molar-refractivity contribution in [3.63, 3.8) is 0 Å². The summed E-state index contributed by atoms with van der Waals surface area (Å²) < 4.78 is 11.8. The van der Waals surface area contributed by atoms with E-state index >= 15 is 0 Å². The van der Waals surface area contributed by atoms with E-state index in [9.17, 15) is 5.11 Å². The number of aliphatic hydroxyl groups is 2. The smallest absolute Gasteiger partial charge is 0.258 e. The lowest BCUT2D eigenvalue weighted by atomic mass is 10.0. The van der Waals surface area contributed by atoms with Crippen LogP contribution in [0.3, 0.4) is 0 Å². The first kappa shape index (κ1) is 22.5. The van der Waals surface area contributed by atoms with Crippen LogP contribution in [0.25, 0.3) is 22.2 Å². The van der Waals surface area contributed by atoms with Crippen LogP contribution in [0.1, 0.15) is 42.3 Å². The molecule has 7 heteroatoms. The van der Waals surface area contributed by atoms with Crippen LogP contribution >= 0.6 is 11.3 Å². The zero-order chi connectivity index (χ0) is 21.8. The van der Waals surface area contributed by atoms with Gasteiger partial charge in [-0.3, -0.25) is 0 Å². The Balaban J connectivity index is 1.87. The van der Waals surface area contributed by atoms with E-state index in [1.54, 1.807) is 11.3 Å². The van der Waals surface area contributed by atoms with E-state index in [1.807, 2.05) is 26.0 Å². The molecule has 0 radical (unpaired) electrons. The Hall–Kier alpha value is -2.22. The Morgan fingerprint density at radius 1 is 1.10 bits per heavy atom. The molecule has 30 heavy (non-hydrogen) atoms. The molecule has 0 bridgehead atoms. The third-order valence-electron chi connectivity index (χ3n) is 4.86.